The summed E-state index contributed by atoms with van der Waals surface area (Å²) in [6, 6.07) is 9.77. The van der Waals surface area contributed by atoms with Gasteiger partial charge in [-0.3, -0.25) is 4.79 Å². The fourth-order valence-electron chi connectivity index (χ4n) is 2.08. The Morgan fingerprint density at radius 3 is 2.28 bits per heavy atom. The van der Waals surface area contributed by atoms with Crippen LogP contribution in [0.1, 0.15) is 38.8 Å². The van der Waals surface area contributed by atoms with Crippen LogP contribution in [0, 0.1) is 5.92 Å². The third-order valence-electron chi connectivity index (χ3n) is 3.39. The van der Waals surface area contributed by atoms with Crippen molar-refractivity contribution >= 4 is 5.91 Å². The molecule has 0 aromatic heterocycles. The molecule has 1 rings (SSSR count). The van der Waals surface area contributed by atoms with E-state index in [-0.39, 0.29) is 17.9 Å². The Balaban J connectivity index is 2.86. The zero-order valence-electron chi connectivity index (χ0n) is 11.8. The Morgan fingerprint density at radius 2 is 1.83 bits per heavy atom. The van der Waals surface area contributed by atoms with E-state index in [1.165, 1.54) is 0 Å². The molecule has 18 heavy (non-hydrogen) atoms. The average Bonchev–Trinajstić information content (AvgIpc) is 2.38. The summed E-state index contributed by atoms with van der Waals surface area (Å²) in [6.07, 6.45) is 0.886. The van der Waals surface area contributed by atoms with Crippen molar-refractivity contribution in [2.45, 2.75) is 39.3 Å². The van der Waals surface area contributed by atoms with E-state index in [0.717, 1.165) is 12.0 Å². The first kappa shape index (κ1) is 14.7. The zero-order valence-corrected chi connectivity index (χ0v) is 11.8. The topological polar surface area (TPSA) is 46.3 Å². The SMILES string of the molecule is CC[C@@H](c1ccccc1)N(C)C(=O)C(N)C(C)C. The minimum atomic E-state index is -0.423. The Bertz CT molecular complexity index is 375. The number of rotatable bonds is 5. The van der Waals surface area contributed by atoms with Crippen molar-refractivity contribution in [2.24, 2.45) is 11.7 Å². The summed E-state index contributed by atoms with van der Waals surface area (Å²) in [5, 5.41) is 0. The molecule has 1 aromatic rings. The summed E-state index contributed by atoms with van der Waals surface area (Å²) in [4.78, 5) is 14.0. The third-order valence-corrected chi connectivity index (χ3v) is 3.39. The van der Waals surface area contributed by atoms with Crippen molar-refractivity contribution in [1.82, 2.24) is 4.90 Å². The third kappa shape index (κ3) is 3.33. The fourth-order valence-corrected chi connectivity index (χ4v) is 2.08. The van der Waals surface area contributed by atoms with Crippen LogP contribution in [-0.2, 0) is 4.79 Å². The van der Waals surface area contributed by atoms with Gasteiger partial charge in [-0.25, -0.2) is 0 Å². The van der Waals surface area contributed by atoms with Crippen LogP contribution in [-0.4, -0.2) is 23.9 Å². The van der Waals surface area contributed by atoms with Crippen molar-refractivity contribution in [1.29, 1.82) is 0 Å². The van der Waals surface area contributed by atoms with Crippen molar-refractivity contribution in [3.05, 3.63) is 35.9 Å². The lowest BCUT2D eigenvalue weighted by Gasteiger charge is -2.31. The highest BCUT2D eigenvalue weighted by Crippen LogP contribution is 2.23. The van der Waals surface area contributed by atoms with E-state index in [9.17, 15) is 4.79 Å². The standard InChI is InChI=1S/C15H24N2O/c1-5-13(12-9-7-6-8-10-12)17(4)15(18)14(16)11(2)3/h6-11,13-14H,5,16H2,1-4H3/t13-,14?/m0/s1. The number of hydrogen-bond acceptors (Lipinski definition) is 2. The maximum Gasteiger partial charge on any atom is 0.240 e. The van der Waals surface area contributed by atoms with Gasteiger partial charge in [0.2, 0.25) is 5.91 Å². The number of nitrogens with zero attached hydrogens (tertiary/aromatic N) is 1. The molecule has 0 fully saturated rings. The molecule has 1 aromatic carbocycles. The van der Waals surface area contributed by atoms with Gasteiger partial charge in [0, 0.05) is 7.05 Å². The lowest BCUT2D eigenvalue weighted by Crippen LogP contribution is -2.46. The Hall–Kier alpha value is -1.35. The molecule has 0 radical (unpaired) electrons. The smallest absolute Gasteiger partial charge is 0.240 e. The van der Waals surface area contributed by atoms with Crippen LogP contribution in [0.5, 0.6) is 0 Å². The molecule has 0 aliphatic carbocycles. The van der Waals surface area contributed by atoms with E-state index < -0.39 is 6.04 Å². The molecule has 100 valence electrons. The van der Waals surface area contributed by atoms with Crippen molar-refractivity contribution < 1.29 is 4.79 Å². The minimum absolute atomic E-state index is 0.0145. The van der Waals surface area contributed by atoms with Crippen LogP contribution in [0.2, 0.25) is 0 Å². The Morgan fingerprint density at radius 1 is 1.28 bits per heavy atom. The molecule has 2 atom stereocenters. The first-order valence-electron chi connectivity index (χ1n) is 6.56. The van der Waals surface area contributed by atoms with Gasteiger partial charge in [0.25, 0.3) is 0 Å². The fraction of sp³-hybridized carbons (Fsp3) is 0.533. The summed E-state index contributed by atoms with van der Waals surface area (Å²) in [5.41, 5.74) is 7.10. The zero-order chi connectivity index (χ0) is 13.7. The molecule has 0 spiro atoms. The number of carbonyl (C=O) groups excluding carboxylic acids is 1. The van der Waals surface area contributed by atoms with E-state index in [2.05, 4.69) is 19.1 Å². The van der Waals surface area contributed by atoms with Gasteiger partial charge >= 0.3 is 0 Å². The summed E-state index contributed by atoms with van der Waals surface area (Å²) in [6.45, 7) is 6.03. The summed E-state index contributed by atoms with van der Waals surface area (Å²) >= 11 is 0. The van der Waals surface area contributed by atoms with Gasteiger partial charge in [-0.2, -0.15) is 0 Å². The normalized spacial score (nSPS) is 14.3. The number of benzene rings is 1. The molecule has 3 heteroatoms. The lowest BCUT2D eigenvalue weighted by atomic mass is 9.99. The quantitative estimate of drug-likeness (QED) is 0.870. The Labute approximate surface area is 110 Å². The predicted molar refractivity (Wildman–Crippen MR) is 75.1 cm³/mol. The van der Waals surface area contributed by atoms with Gasteiger partial charge in [-0.15, -0.1) is 0 Å². The number of likely N-dealkylation sites (N-methyl/N-ethyl adjacent to an activating group) is 1. The number of nitrogens with two attached hydrogens (primary N) is 1. The minimum Gasteiger partial charge on any atom is -0.337 e. The van der Waals surface area contributed by atoms with Gasteiger partial charge in [0.1, 0.15) is 0 Å². The van der Waals surface area contributed by atoms with Crippen LogP contribution in [0.3, 0.4) is 0 Å². The second-order valence-corrected chi connectivity index (χ2v) is 5.05. The van der Waals surface area contributed by atoms with Crippen LogP contribution >= 0.6 is 0 Å². The molecule has 0 saturated heterocycles. The van der Waals surface area contributed by atoms with E-state index in [4.69, 9.17) is 5.73 Å². The van der Waals surface area contributed by atoms with Crippen molar-refractivity contribution in [2.75, 3.05) is 7.05 Å². The van der Waals surface area contributed by atoms with Gasteiger partial charge in [-0.1, -0.05) is 51.1 Å². The number of carbonyl (C=O) groups is 1. The molecule has 3 nitrogen and oxygen atoms in total. The molecule has 0 bridgehead atoms. The molecule has 1 amide bonds. The lowest BCUT2D eigenvalue weighted by molar-refractivity contribution is -0.134. The molecule has 0 saturated carbocycles. The average molecular weight is 248 g/mol. The second-order valence-electron chi connectivity index (χ2n) is 5.05. The molecule has 0 heterocycles. The van der Waals surface area contributed by atoms with Crippen LogP contribution in [0.25, 0.3) is 0 Å². The highest BCUT2D eigenvalue weighted by Gasteiger charge is 2.26. The first-order valence-corrected chi connectivity index (χ1v) is 6.56. The monoisotopic (exact) mass is 248 g/mol. The number of amides is 1. The van der Waals surface area contributed by atoms with Crippen LogP contribution in [0.15, 0.2) is 30.3 Å². The van der Waals surface area contributed by atoms with Crippen molar-refractivity contribution in [3.63, 3.8) is 0 Å². The van der Waals surface area contributed by atoms with Crippen LogP contribution in [0.4, 0.5) is 0 Å². The van der Waals surface area contributed by atoms with E-state index in [0.29, 0.717) is 0 Å². The molecule has 0 aliphatic heterocycles. The molecule has 1 unspecified atom stereocenters. The summed E-state index contributed by atoms with van der Waals surface area (Å²) < 4.78 is 0. The molecular formula is C15H24N2O. The van der Waals surface area contributed by atoms with Gasteiger partial charge in [0.05, 0.1) is 12.1 Å². The van der Waals surface area contributed by atoms with E-state index in [1.807, 2.05) is 39.1 Å². The van der Waals surface area contributed by atoms with Crippen molar-refractivity contribution in [3.8, 4) is 0 Å². The first-order chi connectivity index (χ1) is 8.49. The van der Waals surface area contributed by atoms with Gasteiger partial charge in [-0.05, 0) is 17.9 Å². The second kappa shape index (κ2) is 6.55. The summed E-state index contributed by atoms with van der Waals surface area (Å²) in [5.74, 6) is 0.175. The molecular weight excluding hydrogens is 224 g/mol. The van der Waals surface area contributed by atoms with E-state index >= 15 is 0 Å². The van der Waals surface area contributed by atoms with Crippen LogP contribution < -0.4 is 5.73 Å². The largest absolute Gasteiger partial charge is 0.337 e. The predicted octanol–water partition coefficient (Wildman–Crippen LogP) is 2.58. The Kier molecular flexibility index (Phi) is 5.35. The highest BCUT2D eigenvalue weighted by atomic mass is 16.2. The van der Waals surface area contributed by atoms with Gasteiger partial charge in [0.15, 0.2) is 0 Å². The highest BCUT2D eigenvalue weighted by molar-refractivity contribution is 5.82. The maximum atomic E-state index is 12.3. The van der Waals surface area contributed by atoms with E-state index in [1.54, 1.807) is 4.90 Å². The maximum absolute atomic E-state index is 12.3. The molecule has 2 N–H and O–H groups in total. The molecule has 0 aliphatic rings. The number of hydrogen-bond donors (Lipinski definition) is 1. The van der Waals surface area contributed by atoms with Gasteiger partial charge < -0.3 is 10.6 Å². The summed E-state index contributed by atoms with van der Waals surface area (Å²) in [7, 11) is 1.84.